The predicted molar refractivity (Wildman–Crippen MR) is 64.1 cm³/mol. The lowest BCUT2D eigenvalue weighted by molar-refractivity contribution is -0.144. The summed E-state index contributed by atoms with van der Waals surface area (Å²) in [7, 11) is 0. The Labute approximate surface area is 97.9 Å². The molecule has 0 saturated carbocycles. The van der Waals surface area contributed by atoms with E-state index in [4.69, 9.17) is 4.74 Å². The molecule has 0 radical (unpaired) electrons. The first kappa shape index (κ1) is 14.9. The summed E-state index contributed by atoms with van der Waals surface area (Å²) in [6.45, 7) is 5.08. The predicted octanol–water partition coefficient (Wildman–Crippen LogP) is 3.03. The summed E-state index contributed by atoms with van der Waals surface area (Å²) in [5.41, 5.74) is 0. The van der Waals surface area contributed by atoms with Crippen LogP contribution in [0.5, 0.6) is 0 Å². The Morgan fingerprint density at radius 1 is 1.31 bits per heavy atom. The molecule has 0 spiro atoms. The van der Waals surface area contributed by atoms with Gasteiger partial charge in [-0.25, -0.2) is 0 Å². The van der Waals surface area contributed by atoms with Gasteiger partial charge in [0.15, 0.2) is 0 Å². The minimum absolute atomic E-state index is 0.111. The summed E-state index contributed by atoms with van der Waals surface area (Å²) in [6.07, 6.45) is 7.98. The molecule has 0 fully saturated rings. The van der Waals surface area contributed by atoms with Gasteiger partial charge in [-0.3, -0.25) is 4.79 Å². The van der Waals surface area contributed by atoms with Gasteiger partial charge in [-0.05, 0) is 32.3 Å². The molecule has 92 valence electrons. The maximum absolute atomic E-state index is 10.8. The molecular formula is C13H22O3. The van der Waals surface area contributed by atoms with E-state index < -0.39 is 0 Å². The highest BCUT2D eigenvalue weighted by Gasteiger charge is 2.05. The zero-order valence-corrected chi connectivity index (χ0v) is 10.5. The quantitative estimate of drug-likeness (QED) is 0.363. The molecule has 3 heteroatoms. The Bertz CT molecular complexity index is 244. The van der Waals surface area contributed by atoms with Crippen molar-refractivity contribution in [3.8, 4) is 0 Å². The van der Waals surface area contributed by atoms with E-state index in [1.165, 1.54) is 6.92 Å². The Hall–Kier alpha value is -1.12. The number of ether oxygens (including phenoxy) is 1. The van der Waals surface area contributed by atoms with Crippen LogP contribution < -0.4 is 0 Å². The number of esters is 1. The lowest BCUT2D eigenvalue weighted by Gasteiger charge is -2.11. The third kappa shape index (κ3) is 9.44. The third-order valence-electron chi connectivity index (χ3n) is 2.14. The SMILES string of the molecule is CCCC(C=CCCCC(C)=O)OC(C)=O. The molecule has 1 atom stereocenters. The van der Waals surface area contributed by atoms with E-state index in [0.29, 0.717) is 6.42 Å². The van der Waals surface area contributed by atoms with Crippen LogP contribution in [0.3, 0.4) is 0 Å². The molecule has 0 aliphatic carbocycles. The molecule has 0 rings (SSSR count). The molecule has 3 nitrogen and oxygen atoms in total. The van der Waals surface area contributed by atoms with Gasteiger partial charge in [0.05, 0.1) is 0 Å². The Morgan fingerprint density at radius 2 is 2.00 bits per heavy atom. The smallest absolute Gasteiger partial charge is 0.303 e. The maximum Gasteiger partial charge on any atom is 0.303 e. The lowest BCUT2D eigenvalue weighted by atomic mass is 10.1. The summed E-state index contributed by atoms with van der Waals surface area (Å²) in [5.74, 6) is -0.0228. The van der Waals surface area contributed by atoms with Crippen LogP contribution >= 0.6 is 0 Å². The number of carbonyl (C=O) groups excluding carboxylic acids is 2. The average molecular weight is 226 g/mol. The first-order valence-corrected chi connectivity index (χ1v) is 5.89. The van der Waals surface area contributed by atoms with Crippen LogP contribution in [0.1, 0.15) is 52.9 Å². The number of ketones is 1. The fourth-order valence-corrected chi connectivity index (χ4v) is 1.41. The van der Waals surface area contributed by atoms with E-state index in [9.17, 15) is 9.59 Å². The van der Waals surface area contributed by atoms with Gasteiger partial charge in [0.25, 0.3) is 0 Å². The molecule has 0 bridgehead atoms. The number of allylic oxidation sites excluding steroid dienone is 1. The van der Waals surface area contributed by atoms with E-state index in [-0.39, 0.29) is 17.9 Å². The summed E-state index contributed by atoms with van der Waals surface area (Å²) >= 11 is 0. The van der Waals surface area contributed by atoms with Crippen LogP contribution in [0.15, 0.2) is 12.2 Å². The van der Waals surface area contributed by atoms with Crippen molar-refractivity contribution in [1.82, 2.24) is 0 Å². The Balaban J connectivity index is 3.83. The summed E-state index contributed by atoms with van der Waals surface area (Å²) in [6, 6.07) is 0. The number of Topliss-reactive ketones (excluding diaryl/α,β-unsaturated/α-hetero) is 1. The standard InChI is InChI=1S/C13H22O3/c1-4-8-13(16-12(3)15)10-7-5-6-9-11(2)14/h7,10,13H,4-6,8-9H2,1-3H3. The Morgan fingerprint density at radius 3 is 2.50 bits per heavy atom. The molecule has 0 aromatic heterocycles. The monoisotopic (exact) mass is 226 g/mol. The van der Waals surface area contributed by atoms with E-state index >= 15 is 0 Å². The van der Waals surface area contributed by atoms with Crippen LogP contribution in [0.2, 0.25) is 0 Å². The highest BCUT2D eigenvalue weighted by atomic mass is 16.5. The number of rotatable bonds is 8. The van der Waals surface area contributed by atoms with Gasteiger partial charge < -0.3 is 9.53 Å². The highest BCUT2D eigenvalue weighted by Crippen LogP contribution is 2.06. The van der Waals surface area contributed by atoms with Gasteiger partial charge in [0.2, 0.25) is 0 Å². The van der Waals surface area contributed by atoms with Gasteiger partial charge in [0.1, 0.15) is 11.9 Å². The molecule has 0 aliphatic heterocycles. The van der Waals surface area contributed by atoms with E-state index in [2.05, 4.69) is 6.92 Å². The fourth-order valence-electron chi connectivity index (χ4n) is 1.41. The molecule has 0 aliphatic rings. The number of carbonyl (C=O) groups is 2. The minimum atomic E-state index is -0.244. The highest BCUT2D eigenvalue weighted by molar-refractivity contribution is 5.75. The van der Waals surface area contributed by atoms with Crippen molar-refractivity contribution < 1.29 is 14.3 Å². The van der Waals surface area contributed by atoms with Crippen LogP contribution in [0, 0.1) is 0 Å². The van der Waals surface area contributed by atoms with E-state index in [1.54, 1.807) is 6.92 Å². The van der Waals surface area contributed by atoms with Crippen molar-refractivity contribution in [1.29, 1.82) is 0 Å². The summed E-state index contributed by atoms with van der Waals surface area (Å²) in [4.78, 5) is 21.5. The molecule has 16 heavy (non-hydrogen) atoms. The Kier molecular flexibility index (Phi) is 8.49. The molecular weight excluding hydrogens is 204 g/mol. The first-order chi connectivity index (χ1) is 7.56. The lowest BCUT2D eigenvalue weighted by Crippen LogP contribution is -2.13. The fraction of sp³-hybridized carbons (Fsp3) is 0.692. The zero-order valence-electron chi connectivity index (χ0n) is 10.5. The first-order valence-electron chi connectivity index (χ1n) is 5.89. The average Bonchev–Trinajstić information content (AvgIpc) is 2.16. The molecule has 0 N–H and O–H groups in total. The van der Waals surface area contributed by atoms with Crippen molar-refractivity contribution in [3.05, 3.63) is 12.2 Å². The molecule has 0 saturated heterocycles. The second-order valence-electron chi connectivity index (χ2n) is 3.96. The van der Waals surface area contributed by atoms with Gasteiger partial charge in [-0.2, -0.15) is 0 Å². The van der Waals surface area contributed by atoms with E-state index in [0.717, 1.165) is 25.7 Å². The zero-order chi connectivity index (χ0) is 12.4. The van der Waals surface area contributed by atoms with Crippen molar-refractivity contribution in [2.24, 2.45) is 0 Å². The van der Waals surface area contributed by atoms with Crippen LogP contribution in [0.4, 0.5) is 0 Å². The summed E-state index contributed by atoms with van der Waals surface area (Å²) in [5, 5.41) is 0. The van der Waals surface area contributed by atoms with Crippen molar-refractivity contribution in [3.63, 3.8) is 0 Å². The van der Waals surface area contributed by atoms with Gasteiger partial charge in [-0.1, -0.05) is 19.4 Å². The topological polar surface area (TPSA) is 43.4 Å². The third-order valence-corrected chi connectivity index (χ3v) is 2.14. The number of hydrogen-bond acceptors (Lipinski definition) is 3. The van der Waals surface area contributed by atoms with Gasteiger partial charge in [0, 0.05) is 13.3 Å². The van der Waals surface area contributed by atoms with Gasteiger partial charge >= 0.3 is 5.97 Å². The summed E-state index contributed by atoms with van der Waals surface area (Å²) < 4.78 is 5.13. The molecule has 0 amide bonds. The largest absolute Gasteiger partial charge is 0.458 e. The molecule has 1 unspecified atom stereocenters. The van der Waals surface area contributed by atoms with Crippen molar-refractivity contribution in [2.45, 2.75) is 59.0 Å². The van der Waals surface area contributed by atoms with Crippen LogP contribution in [0.25, 0.3) is 0 Å². The van der Waals surface area contributed by atoms with Crippen molar-refractivity contribution >= 4 is 11.8 Å². The minimum Gasteiger partial charge on any atom is -0.458 e. The second kappa shape index (κ2) is 9.13. The van der Waals surface area contributed by atoms with Crippen LogP contribution in [-0.4, -0.2) is 17.9 Å². The molecule has 0 heterocycles. The van der Waals surface area contributed by atoms with Gasteiger partial charge in [-0.15, -0.1) is 0 Å². The molecule has 0 aromatic rings. The molecule has 0 aromatic carbocycles. The normalized spacial score (nSPS) is 12.7. The number of unbranched alkanes of at least 4 members (excludes halogenated alkanes) is 1. The van der Waals surface area contributed by atoms with Crippen LogP contribution in [-0.2, 0) is 14.3 Å². The van der Waals surface area contributed by atoms with E-state index in [1.807, 2.05) is 12.2 Å². The maximum atomic E-state index is 10.8. The van der Waals surface area contributed by atoms with Crippen molar-refractivity contribution in [2.75, 3.05) is 0 Å². The number of hydrogen-bond donors (Lipinski definition) is 0. The second-order valence-corrected chi connectivity index (χ2v) is 3.96.